The van der Waals surface area contributed by atoms with Crippen LogP contribution in [-0.4, -0.2) is 40.8 Å². The molecular weight excluding hydrogens is 340 g/mol. The molecule has 6 nitrogen and oxygen atoms in total. The lowest BCUT2D eigenvalue weighted by molar-refractivity contribution is -0.154. The van der Waals surface area contributed by atoms with Crippen LogP contribution in [0.15, 0.2) is 29.6 Å². The molecule has 0 aliphatic carbocycles. The first-order valence-corrected chi connectivity index (χ1v) is 8.91. The van der Waals surface area contributed by atoms with E-state index in [2.05, 4.69) is 4.98 Å². The summed E-state index contributed by atoms with van der Waals surface area (Å²) in [6.07, 6.45) is 1.04. The summed E-state index contributed by atoms with van der Waals surface area (Å²) in [6, 6.07) is 7.98. The molecule has 1 aromatic carbocycles. The van der Waals surface area contributed by atoms with Gasteiger partial charge in [0.1, 0.15) is 5.01 Å². The van der Waals surface area contributed by atoms with Crippen LogP contribution in [-0.2, 0) is 25.5 Å². The summed E-state index contributed by atoms with van der Waals surface area (Å²) in [7, 11) is 0. The van der Waals surface area contributed by atoms with Crippen LogP contribution < -0.4 is 0 Å². The number of rotatable bonds is 5. The number of thiazole rings is 1. The van der Waals surface area contributed by atoms with Gasteiger partial charge in [-0.25, -0.2) is 4.98 Å². The fourth-order valence-corrected chi connectivity index (χ4v) is 3.45. The van der Waals surface area contributed by atoms with Crippen LogP contribution in [0.25, 0.3) is 10.6 Å². The number of aromatic nitrogens is 1. The predicted molar refractivity (Wildman–Crippen MR) is 92.9 cm³/mol. The summed E-state index contributed by atoms with van der Waals surface area (Å²) in [5.41, 5.74) is 2.76. The predicted octanol–water partition coefficient (Wildman–Crippen LogP) is 2.35. The number of benzene rings is 1. The second-order valence-electron chi connectivity index (χ2n) is 5.89. The highest BCUT2D eigenvalue weighted by molar-refractivity contribution is 7.13. The van der Waals surface area contributed by atoms with E-state index in [4.69, 9.17) is 4.74 Å². The Labute approximate surface area is 149 Å². The molecule has 2 amide bonds. The van der Waals surface area contributed by atoms with Gasteiger partial charge in [-0.1, -0.05) is 23.8 Å². The lowest BCUT2D eigenvalue weighted by Crippen LogP contribution is -2.35. The zero-order valence-electron chi connectivity index (χ0n) is 13.9. The molecule has 2 aromatic rings. The molecule has 130 valence electrons. The van der Waals surface area contributed by atoms with Crippen molar-refractivity contribution < 1.29 is 19.1 Å². The average Bonchev–Trinajstić information content (AvgIpc) is 3.22. The molecule has 1 fully saturated rings. The first-order valence-electron chi connectivity index (χ1n) is 8.03. The molecule has 1 aromatic heterocycles. The van der Waals surface area contributed by atoms with Crippen LogP contribution in [0.2, 0.25) is 0 Å². The van der Waals surface area contributed by atoms with Gasteiger partial charge in [-0.05, 0) is 19.4 Å². The fraction of sp³-hybridized carbons (Fsp3) is 0.333. The van der Waals surface area contributed by atoms with E-state index in [1.54, 1.807) is 0 Å². The Morgan fingerprint density at radius 3 is 2.92 bits per heavy atom. The normalized spacial score (nSPS) is 14.0. The Bertz CT molecular complexity index is 815. The first-order chi connectivity index (χ1) is 12.0. The van der Waals surface area contributed by atoms with Gasteiger partial charge < -0.3 is 4.74 Å². The van der Waals surface area contributed by atoms with Gasteiger partial charge in [-0.3, -0.25) is 19.3 Å². The molecule has 1 aliphatic rings. The van der Waals surface area contributed by atoms with Gasteiger partial charge in [0.05, 0.1) is 12.1 Å². The molecule has 2 heterocycles. The number of imide groups is 1. The maximum absolute atomic E-state index is 11.9. The Balaban J connectivity index is 1.53. The largest absolute Gasteiger partial charge is 0.455 e. The third-order valence-corrected chi connectivity index (χ3v) is 4.81. The molecule has 1 aliphatic heterocycles. The fourth-order valence-electron chi connectivity index (χ4n) is 2.63. The summed E-state index contributed by atoms with van der Waals surface area (Å²) in [5.74, 6) is -1.20. The summed E-state index contributed by atoms with van der Waals surface area (Å²) < 4.78 is 4.98. The number of hydrogen-bond donors (Lipinski definition) is 0. The molecule has 0 spiro atoms. The molecular formula is C18H18N2O4S. The highest BCUT2D eigenvalue weighted by Crippen LogP contribution is 2.24. The molecule has 3 rings (SSSR count). The van der Waals surface area contributed by atoms with E-state index in [1.807, 2.05) is 36.6 Å². The average molecular weight is 358 g/mol. The highest BCUT2D eigenvalue weighted by atomic mass is 32.1. The van der Waals surface area contributed by atoms with Crippen molar-refractivity contribution in [1.82, 2.24) is 9.88 Å². The van der Waals surface area contributed by atoms with Crippen molar-refractivity contribution in [3.05, 3.63) is 40.9 Å². The van der Waals surface area contributed by atoms with Gasteiger partial charge in [0.15, 0.2) is 6.61 Å². The van der Waals surface area contributed by atoms with E-state index in [0.717, 1.165) is 21.0 Å². The molecule has 0 unspecified atom stereocenters. The molecule has 0 N–H and O–H groups in total. The Morgan fingerprint density at radius 1 is 1.36 bits per heavy atom. The van der Waals surface area contributed by atoms with Gasteiger partial charge >= 0.3 is 5.97 Å². The molecule has 1 saturated heterocycles. The third-order valence-electron chi connectivity index (χ3n) is 3.87. The number of ether oxygens (including phenoxy) is 1. The van der Waals surface area contributed by atoms with Gasteiger partial charge in [0, 0.05) is 23.9 Å². The van der Waals surface area contributed by atoms with E-state index in [0.29, 0.717) is 25.1 Å². The van der Waals surface area contributed by atoms with Crippen LogP contribution in [0, 0.1) is 6.92 Å². The van der Waals surface area contributed by atoms with Crippen molar-refractivity contribution in [3.63, 3.8) is 0 Å². The Hall–Kier alpha value is -2.54. The van der Waals surface area contributed by atoms with Crippen molar-refractivity contribution in [3.8, 4) is 10.6 Å². The zero-order chi connectivity index (χ0) is 17.8. The smallest absolute Gasteiger partial charge is 0.312 e. The van der Waals surface area contributed by atoms with Gasteiger partial charge in [0.25, 0.3) is 5.91 Å². The quantitative estimate of drug-likeness (QED) is 0.767. The second kappa shape index (κ2) is 7.57. The standard InChI is InChI=1S/C18H18N2O4S/c1-12-4-2-5-13(8-12)18-19-14(11-25-18)9-17(23)24-10-16(22)20-7-3-6-15(20)21/h2,4-5,8,11H,3,6-7,9-10H2,1H3. The van der Waals surface area contributed by atoms with Crippen molar-refractivity contribution in [2.24, 2.45) is 0 Å². The van der Waals surface area contributed by atoms with Crippen LogP contribution >= 0.6 is 11.3 Å². The SMILES string of the molecule is Cc1cccc(-c2nc(CC(=O)OCC(=O)N3CCCC3=O)cs2)c1. The minimum absolute atomic E-state index is 0.00351. The summed E-state index contributed by atoms with van der Waals surface area (Å²) in [6.45, 7) is 2.01. The number of hydrogen-bond acceptors (Lipinski definition) is 6. The van der Waals surface area contributed by atoms with E-state index in [-0.39, 0.29) is 12.3 Å². The van der Waals surface area contributed by atoms with Crippen molar-refractivity contribution in [1.29, 1.82) is 0 Å². The van der Waals surface area contributed by atoms with E-state index in [1.165, 1.54) is 11.3 Å². The highest BCUT2D eigenvalue weighted by Gasteiger charge is 2.27. The minimum Gasteiger partial charge on any atom is -0.455 e. The second-order valence-corrected chi connectivity index (χ2v) is 6.75. The van der Waals surface area contributed by atoms with Gasteiger partial charge in [0.2, 0.25) is 5.91 Å². The Kier molecular flexibility index (Phi) is 5.23. The topological polar surface area (TPSA) is 76.6 Å². The molecule has 7 heteroatoms. The maximum Gasteiger partial charge on any atom is 0.312 e. The Morgan fingerprint density at radius 2 is 2.20 bits per heavy atom. The monoisotopic (exact) mass is 358 g/mol. The van der Waals surface area contributed by atoms with Gasteiger partial charge in [-0.2, -0.15) is 0 Å². The number of carbonyl (C=O) groups is 3. The molecule has 0 bridgehead atoms. The van der Waals surface area contributed by atoms with Crippen LogP contribution in [0.4, 0.5) is 0 Å². The maximum atomic E-state index is 11.9. The molecule has 25 heavy (non-hydrogen) atoms. The van der Waals surface area contributed by atoms with Crippen LogP contribution in [0.5, 0.6) is 0 Å². The number of carbonyl (C=O) groups excluding carboxylic acids is 3. The van der Waals surface area contributed by atoms with Crippen molar-refractivity contribution >= 4 is 29.1 Å². The lowest BCUT2D eigenvalue weighted by atomic mass is 10.1. The van der Waals surface area contributed by atoms with Crippen molar-refractivity contribution in [2.75, 3.05) is 13.2 Å². The van der Waals surface area contributed by atoms with E-state index in [9.17, 15) is 14.4 Å². The summed E-state index contributed by atoms with van der Waals surface area (Å²) >= 11 is 1.46. The van der Waals surface area contributed by atoms with Crippen LogP contribution in [0.3, 0.4) is 0 Å². The van der Waals surface area contributed by atoms with Crippen molar-refractivity contribution in [2.45, 2.75) is 26.2 Å². The number of esters is 1. The summed E-state index contributed by atoms with van der Waals surface area (Å²) in [5, 5.41) is 2.65. The van der Waals surface area contributed by atoms with E-state index < -0.39 is 18.5 Å². The van der Waals surface area contributed by atoms with Gasteiger partial charge in [-0.15, -0.1) is 11.3 Å². The van der Waals surface area contributed by atoms with Crippen LogP contribution in [0.1, 0.15) is 24.1 Å². The number of nitrogens with zero attached hydrogens (tertiary/aromatic N) is 2. The minimum atomic E-state index is -0.527. The zero-order valence-corrected chi connectivity index (χ0v) is 14.7. The molecule has 0 radical (unpaired) electrons. The molecule has 0 atom stereocenters. The molecule has 0 saturated carbocycles. The number of amides is 2. The third kappa shape index (κ3) is 4.30. The summed E-state index contributed by atoms with van der Waals surface area (Å²) in [4.78, 5) is 40.8. The first kappa shape index (κ1) is 17.3. The van der Waals surface area contributed by atoms with E-state index >= 15 is 0 Å². The number of aryl methyl sites for hydroxylation is 1. The number of likely N-dealkylation sites (tertiary alicyclic amines) is 1. The lowest BCUT2D eigenvalue weighted by Gasteiger charge is -2.13.